The Balaban J connectivity index is 1.41. The van der Waals surface area contributed by atoms with Crippen molar-refractivity contribution in [3.63, 3.8) is 0 Å². The number of anilines is 2. The van der Waals surface area contributed by atoms with Crippen molar-refractivity contribution in [2.24, 2.45) is 0 Å². The molecule has 4 aromatic rings. The van der Waals surface area contributed by atoms with Gasteiger partial charge in [0.1, 0.15) is 24.0 Å². The summed E-state index contributed by atoms with van der Waals surface area (Å²) in [5, 5.41) is 12.5. The lowest BCUT2D eigenvalue weighted by Gasteiger charge is -2.23. The molecule has 132 valence electrons. The molecular formula is C17H19N9. The van der Waals surface area contributed by atoms with E-state index in [-0.39, 0.29) is 0 Å². The highest BCUT2D eigenvalue weighted by atomic mass is 15.4. The molecule has 0 saturated carbocycles. The number of aromatic nitrogens is 7. The van der Waals surface area contributed by atoms with E-state index in [1.807, 2.05) is 19.1 Å². The monoisotopic (exact) mass is 349 g/mol. The molecule has 0 amide bonds. The van der Waals surface area contributed by atoms with Crippen LogP contribution < -0.4 is 9.80 Å². The van der Waals surface area contributed by atoms with Crippen molar-refractivity contribution in [3.8, 4) is 0 Å². The Morgan fingerprint density at radius 2 is 1.92 bits per heavy atom. The first-order valence-corrected chi connectivity index (χ1v) is 8.75. The number of fused-ring (bicyclic) bond motifs is 2. The van der Waals surface area contributed by atoms with E-state index < -0.39 is 0 Å². The first-order chi connectivity index (χ1) is 12.8. The Labute approximate surface area is 149 Å². The largest absolute Gasteiger partial charge is 0.354 e. The predicted molar refractivity (Wildman–Crippen MR) is 98.5 cm³/mol. The summed E-state index contributed by atoms with van der Waals surface area (Å²) in [6.07, 6.45) is 4.32. The minimum absolute atomic E-state index is 0.760. The fourth-order valence-corrected chi connectivity index (χ4v) is 3.54. The molecule has 5 rings (SSSR count). The molecule has 0 bridgehead atoms. The summed E-state index contributed by atoms with van der Waals surface area (Å²) in [6.45, 7) is 5.71. The molecule has 1 aliphatic rings. The second-order valence-electron chi connectivity index (χ2n) is 6.56. The Kier molecular flexibility index (Phi) is 3.44. The molecule has 9 nitrogen and oxygen atoms in total. The van der Waals surface area contributed by atoms with Crippen LogP contribution in [0, 0.1) is 6.92 Å². The molecule has 1 fully saturated rings. The molecule has 1 N–H and O–H groups in total. The lowest BCUT2D eigenvalue weighted by atomic mass is 10.3. The standard InChI is InChI=1S/C17H19N9/c1-12-9-13-16(21-12)17(19-10-18-13)25-6-2-5-24(7-8-25)15-4-3-14-22-20-11-26(14)23-15/h3-4,9-11,21H,2,5-8H2,1H3. The van der Waals surface area contributed by atoms with Crippen LogP contribution in [0.25, 0.3) is 16.7 Å². The first-order valence-electron chi connectivity index (χ1n) is 8.75. The smallest absolute Gasteiger partial charge is 0.177 e. The molecule has 0 radical (unpaired) electrons. The zero-order valence-electron chi connectivity index (χ0n) is 14.5. The third-order valence-electron chi connectivity index (χ3n) is 4.80. The maximum absolute atomic E-state index is 4.62. The summed E-state index contributed by atoms with van der Waals surface area (Å²) in [6, 6.07) is 6.02. The van der Waals surface area contributed by atoms with Crippen LogP contribution in [0.3, 0.4) is 0 Å². The van der Waals surface area contributed by atoms with Crippen LogP contribution in [0.2, 0.25) is 0 Å². The van der Waals surface area contributed by atoms with Gasteiger partial charge in [-0.25, -0.2) is 9.97 Å². The van der Waals surface area contributed by atoms with Crippen LogP contribution in [0.1, 0.15) is 12.1 Å². The minimum atomic E-state index is 0.760. The van der Waals surface area contributed by atoms with Crippen LogP contribution in [0.15, 0.2) is 30.9 Å². The van der Waals surface area contributed by atoms with Gasteiger partial charge in [-0.2, -0.15) is 4.52 Å². The number of H-pyrrole nitrogens is 1. The average Bonchev–Trinajstić information content (AvgIpc) is 3.19. The Bertz CT molecular complexity index is 1070. The highest BCUT2D eigenvalue weighted by Gasteiger charge is 2.20. The Morgan fingerprint density at radius 1 is 1.04 bits per heavy atom. The van der Waals surface area contributed by atoms with E-state index in [4.69, 9.17) is 0 Å². The highest BCUT2D eigenvalue weighted by molar-refractivity contribution is 5.86. The van der Waals surface area contributed by atoms with Gasteiger partial charge in [0, 0.05) is 31.9 Å². The van der Waals surface area contributed by atoms with Crippen molar-refractivity contribution in [2.45, 2.75) is 13.3 Å². The Hall–Kier alpha value is -3.23. The fourth-order valence-electron chi connectivity index (χ4n) is 3.54. The van der Waals surface area contributed by atoms with Gasteiger partial charge in [-0.05, 0) is 31.5 Å². The molecule has 0 unspecified atom stereocenters. The Morgan fingerprint density at radius 3 is 2.88 bits per heavy atom. The van der Waals surface area contributed by atoms with Crippen molar-refractivity contribution in [1.82, 2.24) is 34.8 Å². The van der Waals surface area contributed by atoms with Crippen LogP contribution in [-0.4, -0.2) is 60.9 Å². The zero-order chi connectivity index (χ0) is 17.5. The SMILES string of the molecule is Cc1cc2ncnc(N3CCCN(c4ccc5nncn5n4)CC3)c2[nH]1. The maximum atomic E-state index is 4.62. The summed E-state index contributed by atoms with van der Waals surface area (Å²) in [4.78, 5) is 16.9. The number of nitrogens with one attached hydrogen (secondary N) is 1. The fraction of sp³-hybridized carbons (Fsp3) is 0.353. The first kappa shape index (κ1) is 15.1. The summed E-state index contributed by atoms with van der Waals surface area (Å²) in [5.74, 6) is 1.93. The van der Waals surface area contributed by atoms with Crippen LogP contribution in [0.5, 0.6) is 0 Å². The van der Waals surface area contributed by atoms with Gasteiger partial charge in [-0.3, -0.25) is 0 Å². The van der Waals surface area contributed by atoms with E-state index >= 15 is 0 Å². The molecule has 5 heterocycles. The normalized spacial score (nSPS) is 15.7. The van der Waals surface area contributed by atoms with Crippen molar-refractivity contribution in [2.75, 3.05) is 36.0 Å². The van der Waals surface area contributed by atoms with Gasteiger partial charge < -0.3 is 14.8 Å². The molecule has 9 heteroatoms. The second-order valence-corrected chi connectivity index (χ2v) is 6.56. The third kappa shape index (κ3) is 2.52. The van der Waals surface area contributed by atoms with E-state index in [0.717, 1.165) is 66.6 Å². The van der Waals surface area contributed by atoms with Crippen LogP contribution in [0.4, 0.5) is 11.6 Å². The molecule has 0 atom stereocenters. The molecule has 0 spiro atoms. The van der Waals surface area contributed by atoms with Gasteiger partial charge in [0.2, 0.25) is 0 Å². The van der Waals surface area contributed by atoms with Gasteiger partial charge in [-0.1, -0.05) is 0 Å². The predicted octanol–water partition coefficient (Wildman–Crippen LogP) is 1.42. The van der Waals surface area contributed by atoms with Crippen molar-refractivity contribution < 1.29 is 0 Å². The van der Waals surface area contributed by atoms with Crippen molar-refractivity contribution in [1.29, 1.82) is 0 Å². The van der Waals surface area contributed by atoms with Gasteiger partial charge in [-0.15, -0.1) is 15.3 Å². The lowest BCUT2D eigenvalue weighted by Crippen LogP contribution is -2.32. The highest BCUT2D eigenvalue weighted by Crippen LogP contribution is 2.24. The third-order valence-corrected chi connectivity index (χ3v) is 4.80. The van der Waals surface area contributed by atoms with E-state index in [1.54, 1.807) is 17.2 Å². The zero-order valence-corrected chi connectivity index (χ0v) is 14.5. The molecule has 0 aliphatic carbocycles. The molecule has 1 aliphatic heterocycles. The molecule has 26 heavy (non-hydrogen) atoms. The molecule has 0 aromatic carbocycles. The quantitative estimate of drug-likeness (QED) is 0.585. The van der Waals surface area contributed by atoms with Gasteiger partial charge >= 0.3 is 0 Å². The lowest BCUT2D eigenvalue weighted by molar-refractivity contribution is 0.775. The van der Waals surface area contributed by atoms with Gasteiger partial charge in [0.05, 0.1) is 5.52 Å². The van der Waals surface area contributed by atoms with E-state index in [0.29, 0.717) is 0 Å². The second kappa shape index (κ2) is 5.94. The summed E-state index contributed by atoms with van der Waals surface area (Å²) < 4.78 is 1.72. The summed E-state index contributed by atoms with van der Waals surface area (Å²) in [7, 11) is 0. The number of nitrogens with zero attached hydrogens (tertiary/aromatic N) is 8. The molecule has 4 aromatic heterocycles. The number of rotatable bonds is 2. The van der Waals surface area contributed by atoms with Crippen molar-refractivity contribution in [3.05, 3.63) is 36.5 Å². The summed E-state index contributed by atoms with van der Waals surface area (Å²) >= 11 is 0. The number of hydrogen-bond donors (Lipinski definition) is 1. The maximum Gasteiger partial charge on any atom is 0.177 e. The van der Waals surface area contributed by atoms with Gasteiger partial charge in [0.25, 0.3) is 0 Å². The summed E-state index contributed by atoms with van der Waals surface area (Å²) in [5.41, 5.74) is 3.84. The van der Waals surface area contributed by atoms with Crippen LogP contribution >= 0.6 is 0 Å². The average molecular weight is 349 g/mol. The van der Waals surface area contributed by atoms with E-state index in [1.165, 1.54) is 0 Å². The van der Waals surface area contributed by atoms with Gasteiger partial charge in [0.15, 0.2) is 11.5 Å². The van der Waals surface area contributed by atoms with Crippen molar-refractivity contribution >= 4 is 28.3 Å². The minimum Gasteiger partial charge on any atom is -0.354 e. The molecule has 1 saturated heterocycles. The van der Waals surface area contributed by atoms with E-state index in [9.17, 15) is 0 Å². The number of aryl methyl sites for hydroxylation is 1. The number of aromatic amines is 1. The topological polar surface area (TPSA) is 91.1 Å². The van der Waals surface area contributed by atoms with E-state index in [2.05, 4.69) is 46.1 Å². The van der Waals surface area contributed by atoms with Crippen LogP contribution in [-0.2, 0) is 0 Å². The molecular weight excluding hydrogens is 330 g/mol. The number of hydrogen-bond acceptors (Lipinski definition) is 7.